The van der Waals surface area contributed by atoms with E-state index in [1.807, 2.05) is 29.2 Å². The number of nitrogens with zero attached hydrogens (tertiary/aromatic N) is 3. The third kappa shape index (κ3) is 5.37. The van der Waals surface area contributed by atoms with Crippen molar-refractivity contribution in [1.82, 2.24) is 9.80 Å². The maximum Gasteiger partial charge on any atom is 0.256 e. The van der Waals surface area contributed by atoms with Crippen molar-refractivity contribution in [2.45, 2.75) is 19.4 Å². The summed E-state index contributed by atoms with van der Waals surface area (Å²) in [6, 6.07) is 16.3. The van der Waals surface area contributed by atoms with Crippen molar-refractivity contribution in [3.8, 4) is 0 Å². The topological polar surface area (TPSA) is 65.1 Å². The summed E-state index contributed by atoms with van der Waals surface area (Å²) in [6.45, 7) is 6.90. The Morgan fingerprint density at radius 1 is 0.909 bits per heavy atom. The molecule has 174 valence electrons. The van der Waals surface area contributed by atoms with E-state index in [2.05, 4.69) is 39.4 Å². The van der Waals surface area contributed by atoms with Gasteiger partial charge in [0.15, 0.2) is 0 Å². The molecule has 0 aromatic heterocycles. The average molecular weight is 449 g/mol. The maximum atomic E-state index is 13.5. The highest BCUT2D eigenvalue weighted by Crippen LogP contribution is 2.32. The van der Waals surface area contributed by atoms with Gasteiger partial charge in [0.1, 0.15) is 0 Å². The molecule has 1 N–H and O–H groups in total. The van der Waals surface area contributed by atoms with Crippen molar-refractivity contribution in [2.75, 3.05) is 62.7 Å². The quantitative estimate of drug-likeness (QED) is 0.736. The lowest BCUT2D eigenvalue weighted by atomic mass is 10.1. The molecule has 2 heterocycles. The van der Waals surface area contributed by atoms with E-state index in [-0.39, 0.29) is 17.7 Å². The zero-order chi connectivity index (χ0) is 22.6. The van der Waals surface area contributed by atoms with Gasteiger partial charge in [-0.1, -0.05) is 30.3 Å². The lowest BCUT2D eigenvalue weighted by Gasteiger charge is -2.37. The largest absolute Gasteiger partial charge is 0.378 e. The van der Waals surface area contributed by atoms with Crippen LogP contribution < -0.4 is 10.2 Å². The molecule has 1 aliphatic carbocycles. The molecular formula is C26H32N4O3. The van der Waals surface area contributed by atoms with Gasteiger partial charge in [0.05, 0.1) is 18.8 Å². The third-order valence-corrected chi connectivity index (χ3v) is 6.70. The molecule has 3 fully saturated rings. The first kappa shape index (κ1) is 21.9. The predicted octanol–water partition coefficient (Wildman–Crippen LogP) is 2.83. The second-order valence-corrected chi connectivity index (χ2v) is 9.15. The number of amides is 2. The minimum atomic E-state index is 0.0162. The number of carbonyl (C=O) groups excluding carboxylic acids is 2. The molecule has 7 nitrogen and oxygen atoms in total. The fraction of sp³-hybridized carbons (Fsp3) is 0.462. The molecule has 0 spiro atoms. The van der Waals surface area contributed by atoms with Crippen LogP contribution in [0.25, 0.3) is 0 Å². The lowest BCUT2D eigenvalue weighted by molar-refractivity contribution is -0.117. The highest BCUT2D eigenvalue weighted by molar-refractivity contribution is 6.02. The van der Waals surface area contributed by atoms with Crippen LogP contribution in [0.4, 0.5) is 11.4 Å². The molecule has 2 amide bonds. The number of nitrogens with one attached hydrogen (secondary N) is 1. The first-order chi connectivity index (χ1) is 16.2. The summed E-state index contributed by atoms with van der Waals surface area (Å²) in [5, 5.41) is 3.01. The van der Waals surface area contributed by atoms with Gasteiger partial charge in [0.2, 0.25) is 5.91 Å². The van der Waals surface area contributed by atoms with E-state index in [0.29, 0.717) is 37.6 Å². The van der Waals surface area contributed by atoms with Crippen molar-refractivity contribution in [3.63, 3.8) is 0 Å². The van der Waals surface area contributed by atoms with E-state index in [1.54, 1.807) is 0 Å². The van der Waals surface area contributed by atoms with Crippen LogP contribution in [0.3, 0.4) is 0 Å². The number of hydrogen-bond acceptors (Lipinski definition) is 5. The summed E-state index contributed by atoms with van der Waals surface area (Å²) in [4.78, 5) is 32.4. The van der Waals surface area contributed by atoms with Gasteiger partial charge in [-0.2, -0.15) is 0 Å². The summed E-state index contributed by atoms with van der Waals surface area (Å²) in [5.41, 5.74) is 3.65. The Bertz CT molecular complexity index is 978. The number of piperazine rings is 1. The highest BCUT2D eigenvalue weighted by Gasteiger charge is 2.30. The number of anilines is 2. The molecule has 0 atom stereocenters. The average Bonchev–Trinajstić information content (AvgIpc) is 3.71. The van der Waals surface area contributed by atoms with Crippen LogP contribution in [0.2, 0.25) is 0 Å². The van der Waals surface area contributed by atoms with Gasteiger partial charge in [-0.15, -0.1) is 0 Å². The van der Waals surface area contributed by atoms with Gasteiger partial charge in [-0.3, -0.25) is 14.5 Å². The second-order valence-electron chi connectivity index (χ2n) is 9.15. The molecule has 0 unspecified atom stereocenters. The molecule has 7 heteroatoms. The molecule has 5 rings (SSSR count). The molecule has 2 aromatic carbocycles. The maximum absolute atomic E-state index is 13.5. The lowest BCUT2D eigenvalue weighted by Crippen LogP contribution is -2.47. The first-order valence-corrected chi connectivity index (χ1v) is 12.0. The fourth-order valence-corrected chi connectivity index (χ4v) is 4.58. The number of carbonyl (C=O) groups is 2. The van der Waals surface area contributed by atoms with E-state index in [1.165, 1.54) is 5.56 Å². The van der Waals surface area contributed by atoms with E-state index in [9.17, 15) is 9.59 Å². The van der Waals surface area contributed by atoms with E-state index in [0.717, 1.165) is 51.3 Å². The summed E-state index contributed by atoms with van der Waals surface area (Å²) in [7, 11) is 0. The van der Waals surface area contributed by atoms with Crippen LogP contribution >= 0.6 is 0 Å². The van der Waals surface area contributed by atoms with E-state index in [4.69, 9.17) is 4.74 Å². The third-order valence-electron chi connectivity index (χ3n) is 6.70. The fourth-order valence-electron chi connectivity index (χ4n) is 4.58. The zero-order valence-electron chi connectivity index (χ0n) is 19.0. The van der Waals surface area contributed by atoms with Crippen molar-refractivity contribution >= 4 is 23.2 Å². The van der Waals surface area contributed by atoms with E-state index >= 15 is 0 Å². The van der Waals surface area contributed by atoms with Crippen LogP contribution in [0.15, 0.2) is 48.5 Å². The van der Waals surface area contributed by atoms with Gasteiger partial charge in [-0.05, 0) is 36.6 Å². The number of benzene rings is 2. The number of rotatable bonds is 6. The Morgan fingerprint density at radius 3 is 2.33 bits per heavy atom. The highest BCUT2D eigenvalue weighted by atomic mass is 16.5. The van der Waals surface area contributed by atoms with Crippen LogP contribution in [0.5, 0.6) is 0 Å². The van der Waals surface area contributed by atoms with Gasteiger partial charge in [-0.25, -0.2) is 0 Å². The smallest absolute Gasteiger partial charge is 0.256 e. The Labute approximate surface area is 195 Å². The number of ether oxygens (including phenoxy) is 1. The van der Waals surface area contributed by atoms with Crippen LogP contribution in [-0.2, 0) is 16.1 Å². The van der Waals surface area contributed by atoms with Gasteiger partial charge in [0.25, 0.3) is 5.91 Å². The monoisotopic (exact) mass is 448 g/mol. The predicted molar refractivity (Wildman–Crippen MR) is 128 cm³/mol. The standard InChI is InChI=1S/C26H32N4O3/c31-25(21-6-7-21)27-22-8-9-24(23(18-22)26(32)30-14-16-33-17-15-30)29-12-10-28(11-13-29)19-20-4-2-1-3-5-20/h1-5,8-9,18,21H,6-7,10-17,19H2,(H,27,31). The molecule has 2 saturated heterocycles. The molecule has 2 aromatic rings. The molecule has 3 aliphatic rings. The minimum absolute atomic E-state index is 0.0162. The first-order valence-electron chi connectivity index (χ1n) is 12.0. The normalized spacial score (nSPS) is 19.4. The Kier molecular flexibility index (Phi) is 6.60. The Hall–Kier alpha value is -2.90. The SMILES string of the molecule is O=C(Nc1ccc(N2CCN(Cc3ccccc3)CC2)c(C(=O)N2CCOCC2)c1)C1CC1. The summed E-state index contributed by atoms with van der Waals surface area (Å²) >= 11 is 0. The van der Waals surface area contributed by atoms with Crippen LogP contribution in [0, 0.1) is 5.92 Å². The van der Waals surface area contributed by atoms with Gasteiger partial charge < -0.3 is 19.9 Å². The molecular weight excluding hydrogens is 416 g/mol. The second kappa shape index (κ2) is 9.93. The number of morpholine rings is 1. The van der Waals surface area contributed by atoms with Crippen molar-refractivity contribution in [3.05, 3.63) is 59.7 Å². The van der Waals surface area contributed by atoms with Crippen molar-refractivity contribution in [1.29, 1.82) is 0 Å². The van der Waals surface area contributed by atoms with E-state index < -0.39 is 0 Å². The van der Waals surface area contributed by atoms with Crippen LogP contribution in [-0.4, -0.2) is 74.1 Å². The summed E-state index contributed by atoms with van der Waals surface area (Å²) < 4.78 is 5.44. The van der Waals surface area contributed by atoms with Crippen LogP contribution in [0.1, 0.15) is 28.8 Å². The molecule has 0 bridgehead atoms. The summed E-state index contributed by atoms with van der Waals surface area (Å²) in [6.07, 6.45) is 1.91. The molecule has 1 saturated carbocycles. The number of hydrogen-bond donors (Lipinski definition) is 1. The van der Waals surface area contributed by atoms with Gasteiger partial charge in [0, 0.05) is 63.1 Å². The van der Waals surface area contributed by atoms with Crippen molar-refractivity contribution in [2.24, 2.45) is 5.92 Å². The minimum Gasteiger partial charge on any atom is -0.378 e. The summed E-state index contributed by atoms with van der Waals surface area (Å²) in [5.74, 6) is 0.199. The van der Waals surface area contributed by atoms with Crippen molar-refractivity contribution < 1.29 is 14.3 Å². The Morgan fingerprint density at radius 2 is 1.64 bits per heavy atom. The zero-order valence-corrected chi connectivity index (χ0v) is 19.0. The Balaban J connectivity index is 1.32. The molecule has 2 aliphatic heterocycles. The molecule has 33 heavy (non-hydrogen) atoms. The molecule has 0 radical (unpaired) electrons. The van der Waals surface area contributed by atoms with Gasteiger partial charge >= 0.3 is 0 Å².